The number of rotatable bonds is 6. The van der Waals surface area contributed by atoms with Gasteiger partial charge < -0.3 is 10.1 Å². The molecule has 0 radical (unpaired) electrons. The summed E-state index contributed by atoms with van der Waals surface area (Å²) in [5, 5.41) is 3.37. The quantitative estimate of drug-likeness (QED) is 0.771. The molecule has 0 heterocycles. The number of hydrogen-bond donors (Lipinski definition) is 1. The molecule has 0 spiro atoms. The summed E-state index contributed by atoms with van der Waals surface area (Å²) in [5.41, 5.74) is 3.53. The van der Waals surface area contributed by atoms with Gasteiger partial charge in [-0.15, -0.1) is 0 Å². The first-order valence-electron chi connectivity index (χ1n) is 6.37. The van der Waals surface area contributed by atoms with E-state index in [-0.39, 0.29) is 0 Å². The number of nitrogens with one attached hydrogen (secondary N) is 1. The van der Waals surface area contributed by atoms with Crippen molar-refractivity contribution >= 4 is 11.4 Å². The molecule has 0 saturated heterocycles. The molecule has 0 fully saturated rings. The number of para-hydroxylation sites is 1. The van der Waals surface area contributed by atoms with Crippen LogP contribution in [0.1, 0.15) is 12.5 Å². The summed E-state index contributed by atoms with van der Waals surface area (Å²) in [7, 11) is 0. The number of anilines is 2. The maximum atomic E-state index is 5.35. The molecule has 0 aliphatic rings. The van der Waals surface area contributed by atoms with Gasteiger partial charge in [0.25, 0.3) is 0 Å². The van der Waals surface area contributed by atoms with Gasteiger partial charge in [0.05, 0.1) is 6.61 Å². The molecule has 18 heavy (non-hydrogen) atoms. The Labute approximate surface area is 109 Å². The average Bonchev–Trinajstić information content (AvgIpc) is 2.42. The summed E-state index contributed by atoms with van der Waals surface area (Å²) in [4.78, 5) is 0. The molecule has 0 bridgehead atoms. The monoisotopic (exact) mass is 241 g/mol. The van der Waals surface area contributed by atoms with Gasteiger partial charge in [-0.25, -0.2) is 0 Å². The fourth-order valence-corrected chi connectivity index (χ4v) is 1.78. The molecule has 0 aromatic heterocycles. The lowest BCUT2D eigenvalue weighted by atomic mass is 10.1. The van der Waals surface area contributed by atoms with E-state index >= 15 is 0 Å². The highest BCUT2D eigenvalue weighted by molar-refractivity contribution is 5.59. The van der Waals surface area contributed by atoms with E-state index in [0.717, 1.165) is 31.0 Å². The van der Waals surface area contributed by atoms with Crippen LogP contribution in [0.5, 0.6) is 0 Å². The van der Waals surface area contributed by atoms with Crippen LogP contribution in [-0.4, -0.2) is 13.2 Å². The SMILES string of the molecule is CCOCCc1ccc(Nc2ccccc2)cc1. The second-order valence-corrected chi connectivity index (χ2v) is 4.13. The molecular weight excluding hydrogens is 222 g/mol. The third-order valence-electron chi connectivity index (χ3n) is 2.76. The zero-order valence-electron chi connectivity index (χ0n) is 10.7. The molecule has 0 aliphatic carbocycles. The molecule has 0 saturated carbocycles. The van der Waals surface area contributed by atoms with Gasteiger partial charge in [-0.05, 0) is 43.2 Å². The third-order valence-corrected chi connectivity index (χ3v) is 2.76. The minimum atomic E-state index is 0.785. The van der Waals surface area contributed by atoms with Crippen molar-refractivity contribution < 1.29 is 4.74 Å². The predicted molar refractivity (Wildman–Crippen MR) is 76.4 cm³/mol. The van der Waals surface area contributed by atoms with Gasteiger partial charge in [-0.3, -0.25) is 0 Å². The Morgan fingerprint density at radius 3 is 2.22 bits per heavy atom. The highest BCUT2D eigenvalue weighted by Crippen LogP contribution is 2.16. The van der Waals surface area contributed by atoms with E-state index in [9.17, 15) is 0 Å². The summed E-state index contributed by atoms with van der Waals surface area (Å²) in [6.45, 7) is 3.60. The summed E-state index contributed by atoms with van der Waals surface area (Å²) < 4.78 is 5.35. The fraction of sp³-hybridized carbons (Fsp3) is 0.250. The molecule has 0 unspecified atom stereocenters. The molecular formula is C16H19NO. The Morgan fingerprint density at radius 2 is 1.56 bits per heavy atom. The summed E-state index contributed by atoms with van der Waals surface area (Å²) in [5.74, 6) is 0. The van der Waals surface area contributed by atoms with E-state index in [2.05, 4.69) is 41.7 Å². The lowest BCUT2D eigenvalue weighted by Gasteiger charge is -2.07. The van der Waals surface area contributed by atoms with Gasteiger partial charge in [0.1, 0.15) is 0 Å². The standard InChI is InChI=1S/C16H19NO/c1-2-18-13-12-14-8-10-16(11-9-14)17-15-6-4-3-5-7-15/h3-11,17H,2,12-13H2,1H3. The Balaban J connectivity index is 1.91. The number of hydrogen-bond acceptors (Lipinski definition) is 2. The molecule has 2 rings (SSSR count). The fourth-order valence-electron chi connectivity index (χ4n) is 1.78. The van der Waals surface area contributed by atoms with Crippen molar-refractivity contribution in [3.8, 4) is 0 Å². The van der Waals surface area contributed by atoms with Gasteiger partial charge in [-0.2, -0.15) is 0 Å². The summed E-state index contributed by atoms with van der Waals surface area (Å²) >= 11 is 0. The van der Waals surface area contributed by atoms with Crippen molar-refractivity contribution in [2.45, 2.75) is 13.3 Å². The maximum absolute atomic E-state index is 5.35. The second kappa shape index (κ2) is 6.82. The maximum Gasteiger partial charge on any atom is 0.0506 e. The molecule has 2 aromatic rings. The Bertz CT molecular complexity index is 450. The highest BCUT2D eigenvalue weighted by atomic mass is 16.5. The molecule has 0 atom stereocenters. The minimum Gasteiger partial charge on any atom is -0.381 e. The molecule has 2 aromatic carbocycles. The average molecular weight is 241 g/mol. The van der Waals surface area contributed by atoms with Crippen molar-refractivity contribution in [2.24, 2.45) is 0 Å². The smallest absolute Gasteiger partial charge is 0.0506 e. The van der Waals surface area contributed by atoms with Gasteiger partial charge in [0.2, 0.25) is 0 Å². The second-order valence-electron chi connectivity index (χ2n) is 4.13. The van der Waals surface area contributed by atoms with Crippen molar-refractivity contribution in [1.29, 1.82) is 0 Å². The zero-order valence-corrected chi connectivity index (χ0v) is 10.7. The van der Waals surface area contributed by atoms with Crippen LogP contribution in [0.25, 0.3) is 0 Å². The van der Waals surface area contributed by atoms with E-state index in [1.165, 1.54) is 5.56 Å². The van der Waals surface area contributed by atoms with E-state index in [4.69, 9.17) is 4.74 Å². The van der Waals surface area contributed by atoms with E-state index in [1.54, 1.807) is 0 Å². The number of benzene rings is 2. The first-order valence-corrected chi connectivity index (χ1v) is 6.37. The van der Waals surface area contributed by atoms with Crippen molar-refractivity contribution in [2.75, 3.05) is 18.5 Å². The summed E-state index contributed by atoms with van der Waals surface area (Å²) in [6, 6.07) is 18.7. The van der Waals surface area contributed by atoms with Crippen molar-refractivity contribution in [1.82, 2.24) is 0 Å². The lowest BCUT2D eigenvalue weighted by molar-refractivity contribution is 0.151. The largest absolute Gasteiger partial charge is 0.381 e. The topological polar surface area (TPSA) is 21.3 Å². The van der Waals surface area contributed by atoms with E-state index in [1.807, 2.05) is 25.1 Å². The van der Waals surface area contributed by atoms with Crippen LogP contribution in [0.15, 0.2) is 54.6 Å². The van der Waals surface area contributed by atoms with Crippen LogP contribution < -0.4 is 5.32 Å². The van der Waals surface area contributed by atoms with Crippen LogP contribution >= 0.6 is 0 Å². The van der Waals surface area contributed by atoms with Crippen molar-refractivity contribution in [3.63, 3.8) is 0 Å². The minimum absolute atomic E-state index is 0.785. The normalized spacial score (nSPS) is 10.3. The summed E-state index contributed by atoms with van der Waals surface area (Å²) in [6.07, 6.45) is 0.972. The Hall–Kier alpha value is -1.80. The Kier molecular flexibility index (Phi) is 4.79. The molecule has 1 N–H and O–H groups in total. The highest BCUT2D eigenvalue weighted by Gasteiger charge is 1.96. The van der Waals surface area contributed by atoms with Crippen LogP contribution in [0, 0.1) is 0 Å². The first kappa shape index (κ1) is 12.7. The predicted octanol–water partition coefficient (Wildman–Crippen LogP) is 4.01. The lowest BCUT2D eigenvalue weighted by Crippen LogP contribution is -1.98. The van der Waals surface area contributed by atoms with Gasteiger partial charge in [0.15, 0.2) is 0 Å². The van der Waals surface area contributed by atoms with Crippen LogP contribution in [-0.2, 0) is 11.2 Å². The molecule has 0 amide bonds. The molecule has 2 heteroatoms. The molecule has 94 valence electrons. The zero-order chi connectivity index (χ0) is 12.6. The molecule has 2 nitrogen and oxygen atoms in total. The van der Waals surface area contributed by atoms with Gasteiger partial charge in [-0.1, -0.05) is 30.3 Å². The van der Waals surface area contributed by atoms with E-state index < -0.39 is 0 Å². The van der Waals surface area contributed by atoms with Crippen LogP contribution in [0.3, 0.4) is 0 Å². The van der Waals surface area contributed by atoms with E-state index in [0.29, 0.717) is 0 Å². The van der Waals surface area contributed by atoms with Gasteiger partial charge in [0, 0.05) is 18.0 Å². The third kappa shape index (κ3) is 3.90. The van der Waals surface area contributed by atoms with Crippen LogP contribution in [0.4, 0.5) is 11.4 Å². The molecule has 0 aliphatic heterocycles. The number of ether oxygens (including phenoxy) is 1. The van der Waals surface area contributed by atoms with Crippen molar-refractivity contribution in [3.05, 3.63) is 60.2 Å². The first-order chi connectivity index (χ1) is 8.88. The van der Waals surface area contributed by atoms with Crippen LogP contribution in [0.2, 0.25) is 0 Å². The Morgan fingerprint density at radius 1 is 0.889 bits per heavy atom. The van der Waals surface area contributed by atoms with Gasteiger partial charge >= 0.3 is 0 Å².